The molecule has 1 aliphatic carbocycles. The first-order valence-electron chi connectivity index (χ1n) is 18.9. The number of carbonyl (C=O) groups excluding carboxylic acids is 4. The maximum atomic E-state index is 14.7. The quantitative estimate of drug-likeness (QED) is 0.0810. The summed E-state index contributed by atoms with van der Waals surface area (Å²) in [5, 5.41) is 20.2. The minimum atomic E-state index is -5.05. The highest BCUT2D eigenvalue weighted by Gasteiger charge is 2.42. The molecule has 318 valence electrons. The van der Waals surface area contributed by atoms with Gasteiger partial charge in [-0.05, 0) is 68.0 Å². The van der Waals surface area contributed by atoms with Crippen LogP contribution in [0.1, 0.15) is 80.4 Å². The highest BCUT2D eigenvalue weighted by molar-refractivity contribution is 6.05. The van der Waals surface area contributed by atoms with Gasteiger partial charge >= 0.3 is 12.5 Å². The minimum absolute atomic E-state index is 0.00287. The van der Waals surface area contributed by atoms with Gasteiger partial charge in [0, 0.05) is 30.6 Å². The third kappa shape index (κ3) is 11.4. The van der Waals surface area contributed by atoms with Gasteiger partial charge in [0.1, 0.15) is 29.6 Å². The summed E-state index contributed by atoms with van der Waals surface area (Å²) >= 11 is 0. The smallest absolute Gasteiger partial charge is 0.453 e. The van der Waals surface area contributed by atoms with Crippen LogP contribution in [0.5, 0.6) is 5.75 Å². The molecule has 3 unspecified atom stereocenters. The number of aliphatic hydroxyl groups is 1. The summed E-state index contributed by atoms with van der Waals surface area (Å²) in [6, 6.07) is 5.26. The first-order chi connectivity index (χ1) is 27.9. The van der Waals surface area contributed by atoms with E-state index >= 15 is 0 Å². The number of amides is 4. The normalized spacial score (nSPS) is 17.4. The summed E-state index contributed by atoms with van der Waals surface area (Å²) in [6.45, 7) is 6.86. The Labute approximate surface area is 338 Å². The van der Waals surface area contributed by atoms with E-state index in [4.69, 9.17) is 0 Å². The molecule has 0 saturated carbocycles. The molecule has 59 heavy (non-hydrogen) atoms. The van der Waals surface area contributed by atoms with E-state index < -0.39 is 53.7 Å². The van der Waals surface area contributed by atoms with Gasteiger partial charge in [0.2, 0.25) is 11.8 Å². The van der Waals surface area contributed by atoms with E-state index in [9.17, 15) is 41.8 Å². The number of likely N-dealkylation sites (tertiary alicyclic amines) is 1. The Balaban J connectivity index is 1.26. The number of alkyl halides is 4. The standard InChI is InChI=1S/C40H48F4N8O7/c1-22(2)33(51-38(57)58-5)36(55)52-20-26(41)17-30(52)34-48-19-29(50-34)24-8-6-23(7-9-24)28-12-10-25(16-31(28)59-40(42,43)44)35(54)49-27-11-13-32(47-18-27)45-14-15-46-37(56)39(3,4)21-53/h6,8,10-13,16,18-19,22,26,30,33,53H,7,9,14-15,17,20-21H2,1-5H3,(H,45,47)(H,46,56)(H,48,50)(H,49,54)(H,51,57). The Hall–Kier alpha value is -5.98. The predicted molar refractivity (Wildman–Crippen MR) is 210 cm³/mol. The van der Waals surface area contributed by atoms with Crippen LogP contribution in [0.15, 0.2) is 54.9 Å². The second-order valence-corrected chi connectivity index (χ2v) is 15.1. The molecule has 1 aromatic carbocycles. The zero-order valence-electron chi connectivity index (χ0n) is 33.2. The van der Waals surface area contributed by atoms with Crippen LogP contribution in [0.4, 0.5) is 33.9 Å². The number of nitrogens with zero attached hydrogens (tertiary/aromatic N) is 3. The molecule has 4 amide bonds. The lowest BCUT2D eigenvalue weighted by Crippen LogP contribution is -2.51. The van der Waals surface area contributed by atoms with Gasteiger partial charge in [0.15, 0.2) is 0 Å². The first kappa shape index (κ1) is 44.1. The zero-order valence-corrected chi connectivity index (χ0v) is 33.2. The van der Waals surface area contributed by atoms with Crippen molar-refractivity contribution < 1.29 is 51.3 Å². The van der Waals surface area contributed by atoms with Crippen LogP contribution < -0.4 is 26.0 Å². The van der Waals surface area contributed by atoms with Crippen LogP contribution >= 0.6 is 0 Å². The number of aromatic amines is 1. The number of aromatic nitrogens is 3. The van der Waals surface area contributed by atoms with Gasteiger partial charge in [0.25, 0.3) is 5.91 Å². The van der Waals surface area contributed by atoms with Gasteiger partial charge in [-0.3, -0.25) is 14.4 Å². The Kier molecular flexibility index (Phi) is 14.0. The molecule has 0 bridgehead atoms. The molecule has 1 aliphatic heterocycles. The number of rotatable bonds is 15. The average Bonchev–Trinajstić information content (AvgIpc) is 3.85. The number of methoxy groups -OCH3 is 1. The lowest BCUT2D eigenvalue weighted by atomic mass is 9.91. The summed E-state index contributed by atoms with van der Waals surface area (Å²) in [7, 11) is 1.18. The molecule has 2 aliphatic rings. The van der Waals surface area contributed by atoms with Crippen molar-refractivity contribution in [2.45, 2.75) is 71.6 Å². The summed E-state index contributed by atoms with van der Waals surface area (Å²) < 4.78 is 64.6. The molecule has 5 rings (SSSR count). The van der Waals surface area contributed by atoms with Crippen molar-refractivity contribution >= 4 is 46.5 Å². The van der Waals surface area contributed by atoms with E-state index in [-0.39, 0.29) is 54.8 Å². The van der Waals surface area contributed by atoms with Crippen LogP contribution in [-0.2, 0) is 14.3 Å². The molecular weight excluding hydrogens is 780 g/mol. The lowest BCUT2D eigenvalue weighted by Gasteiger charge is -2.29. The van der Waals surface area contributed by atoms with Crippen molar-refractivity contribution in [2.75, 3.05) is 44.0 Å². The van der Waals surface area contributed by atoms with Crippen molar-refractivity contribution in [2.24, 2.45) is 11.3 Å². The van der Waals surface area contributed by atoms with E-state index in [0.29, 0.717) is 42.3 Å². The molecule has 2 aromatic heterocycles. The van der Waals surface area contributed by atoms with Crippen molar-refractivity contribution in [1.82, 2.24) is 30.5 Å². The second-order valence-electron chi connectivity index (χ2n) is 15.1. The third-order valence-corrected chi connectivity index (χ3v) is 9.89. The molecule has 1 saturated heterocycles. The second kappa shape index (κ2) is 18.7. The van der Waals surface area contributed by atoms with E-state index in [1.165, 1.54) is 30.3 Å². The number of aliphatic hydroxyl groups excluding tert-OH is 1. The molecule has 6 N–H and O–H groups in total. The van der Waals surface area contributed by atoms with Gasteiger partial charge in [-0.15, -0.1) is 13.2 Å². The summed E-state index contributed by atoms with van der Waals surface area (Å²) in [5.41, 5.74) is 1.29. The van der Waals surface area contributed by atoms with Crippen molar-refractivity contribution in [3.05, 3.63) is 77.5 Å². The van der Waals surface area contributed by atoms with Crippen LogP contribution in [-0.4, -0.2) is 101 Å². The zero-order chi connectivity index (χ0) is 43.1. The molecule has 3 heterocycles. The number of nitrogens with one attached hydrogen (secondary N) is 5. The summed E-state index contributed by atoms with van der Waals surface area (Å²) in [4.78, 5) is 63.8. The van der Waals surface area contributed by atoms with Crippen LogP contribution in [0.2, 0.25) is 0 Å². The number of hydrogen-bond acceptors (Lipinski definition) is 10. The summed E-state index contributed by atoms with van der Waals surface area (Å²) in [6.07, 6.45) is -0.179. The van der Waals surface area contributed by atoms with Gasteiger partial charge in [-0.1, -0.05) is 32.1 Å². The maximum absolute atomic E-state index is 14.7. The fourth-order valence-corrected chi connectivity index (χ4v) is 6.51. The van der Waals surface area contributed by atoms with E-state index in [1.54, 1.807) is 58.2 Å². The number of hydrogen-bond donors (Lipinski definition) is 6. The number of anilines is 2. The number of imidazole rings is 1. The van der Waals surface area contributed by atoms with Crippen molar-refractivity contribution in [3.8, 4) is 5.75 Å². The van der Waals surface area contributed by atoms with Crippen LogP contribution in [0.3, 0.4) is 0 Å². The van der Waals surface area contributed by atoms with Gasteiger partial charge in [-0.2, -0.15) is 0 Å². The van der Waals surface area contributed by atoms with E-state index in [1.807, 2.05) is 0 Å². The Bertz CT molecular complexity index is 2070. The Morgan fingerprint density at radius 3 is 2.37 bits per heavy atom. The number of halogens is 4. The average molecular weight is 829 g/mol. The molecule has 3 atom stereocenters. The molecule has 3 aromatic rings. The number of ether oxygens (including phenoxy) is 2. The van der Waals surface area contributed by atoms with Crippen molar-refractivity contribution in [3.63, 3.8) is 0 Å². The number of pyridine rings is 1. The molecular formula is C40H48F4N8O7. The predicted octanol–water partition coefficient (Wildman–Crippen LogP) is 5.76. The monoisotopic (exact) mass is 828 g/mol. The molecule has 15 nitrogen and oxygen atoms in total. The topological polar surface area (TPSA) is 200 Å². The lowest BCUT2D eigenvalue weighted by molar-refractivity contribution is -0.274. The van der Waals surface area contributed by atoms with Gasteiger partial charge < -0.3 is 45.7 Å². The van der Waals surface area contributed by atoms with Crippen LogP contribution in [0.25, 0.3) is 11.1 Å². The highest BCUT2D eigenvalue weighted by atomic mass is 19.4. The van der Waals surface area contributed by atoms with Crippen LogP contribution in [0, 0.1) is 11.3 Å². The minimum Gasteiger partial charge on any atom is -0.453 e. The van der Waals surface area contributed by atoms with Gasteiger partial charge in [-0.25, -0.2) is 19.2 Å². The molecule has 0 radical (unpaired) electrons. The third-order valence-electron chi connectivity index (χ3n) is 9.89. The Morgan fingerprint density at radius 1 is 1.02 bits per heavy atom. The molecule has 1 fully saturated rings. The van der Waals surface area contributed by atoms with E-state index in [2.05, 4.69) is 45.7 Å². The van der Waals surface area contributed by atoms with Crippen molar-refractivity contribution in [1.29, 1.82) is 0 Å². The highest BCUT2D eigenvalue weighted by Crippen LogP contribution is 2.39. The number of benzene rings is 1. The first-order valence-corrected chi connectivity index (χ1v) is 18.9. The maximum Gasteiger partial charge on any atom is 0.573 e. The number of carbonyl (C=O) groups is 4. The SMILES string of the molecule is COC(=O)NC(C(=O)N1CC(F)CC1c1ncc(C2=CC=C(c3ccc(C(=O)Nc4ccc(NCCNC(=O)C(C)(C)CO)nc4)cc3OC(F)(F)F)CC2)[nH]1)C(C)C. The molecule has 0 spiro atoms. The number of allylic oxidation sites excluding steroid dienone is 4. The largest absolute Gasteiger partial charge is 0.573 e. The summed E-state index contributed by atoms with van der Waals surface area (Å²) in [5.74, 6) is -1.54. The van der Waals surface area contributed by atoms with E-state index in [0.717, 1.165) is 11.6 Å². The molecule has 19 heteroatoms. The van der Waals surface area contributed by atoms with Gasteiger partial charge in [0.05, 0.1) is 55.5 Å². The fourth-order valence-electron chi connectivity index (χ4n) is 6.51. The number of H-pyrrole nitrogens is 1. The number of alkyl carbamates (subject to hydrolysis) is 1. The fraction of sp³-hybridized carbons (Fsp3) is 0.450. The Morgan fingerprint density at radius 2 is 1.75 bits per heavy atom.